The number of amides is 1. The van der Waals surface area contributed by atoms with Crippen molar-refractivity contribution in [2.75, 3.05) is 27.3 Å². The lowest BCUT2D eigenvalue weighted by Crippen LogP contribution is -2.38. The zero-order valence-corrected chi connectivity index (χ0v) is 24.0. The van der Waals surface area contributed by atoms with Crippen LogP contribution in [0, 0.1) is 5.92 Å². The van der Waals surface area contributed by atoms with E-state index in [1.807, 2.05) is 56.3 Å². The van der Waals surface area contributed by atoms with Gasteiger partial charge in [-0.25, -0.2) is 4.98 Å². The van der Waals surface area contributed by atoms with Crippen molar-refractivity contribution < 1.29 is 23.7 Å². The Morgan fingerprint density at radius 3 is 2.35 bits per heavy atom. The molecule has 0 bridgehead atoms. The van der Waals surface area contributed by atoms with E-state index in [1.54, 1.807) is 20.4 Å². The molecule has 0 aliphatic carbocycles. The minimum atomic E-state index is 0.0602. The Balaban J connectivity index is 1.30. The first-order valence-electron chi connectivity index (χ1n) is 14.0. The fourth-order valence-electron chi connectivity index (χ4n) is 4.72. The number of rotatable bonds is 13. The fourth-order valence-corrected chi connectivity index (χ4v) is 4.72. The number of piperidine rings is 1. The Hall–Kier alpha value is -3.78. The molecule has 1 amide bonds. The monoisotopic (exact) mass is 547 g/mol. The van der Waals surface area contributed by atoms with Gasteiger partial charge in [-0.2, -0.15) is 0 Å². The van der Waals surface area contributed by atoms with Gasteiger partial charge in [-0.05, 0) is 36.0 Å². The van der Waals surface area contributed by atoms with Gasteiger partial charge >= 0.3 is 0 Å². The molecule has 2 heterocycles. The summed E-state index contributed by atoms with van der Waals surface area (Å²) in [5.41, 5.74) is 3.13. The molecule has 4 rings (SSSR count). The molecule has 3 aromatic rings. The average molecular weight is 548 g/mol. The van der Waals surface area contributed by atoms with Gasteiger partial charge < -0.3 is 24.3 Å². The van der Waals surface area contributed by atoms with Gasteiger partial charge in [0.1, 0.15) is 18.5 Å². The van der Waals surface area contributed by atoms with Gasteiger partial charge in [0.05, 0.1) is 14.2 Å². The molecular formula is C32H41N3O5. The van der Waals surface area contributed by atoms with Crippen molar-refractivity contribution in [3.63, 3.8) is 0 Å². The van der Waals surface area contributed by atoms with Gasteiger partial charge in [0.25, 0.3) is 0 Å². The van der Waals surface area contributed by atoms with Gasteiger partial charge in [0.2, 0.25) is 11.8 Å². The molecule has 1 N–H and O–H groups in total. The predicted molar refractivity (Wildman–Crippen MR) is 155 cm³/mol. The van der Waals surface area contributed by atoms with Crippen LogP contribution in [0.5, 0.6) is 23.1 Å². The first-order chi connectivity index (χ1) is 19.4. The number of pyridine rings is 1. The van der Waals surface area contributed by atoms with E-state index >= 15 is 0 Å². The number of carbonyl (C=O) groups is 1. The Kier molecular flexibility index (Phi) is 10.6. The Bertz CT molecular complexity index is 1210. The van der Waals surface area contributed by atoms with Gasteiger partial charge in [-0.1, -0.05) is 50.2 Å². The van der Waals surface area contributed by atoms with Gasteiger partial charge in [-0.15, -0.1) is 0 Å². The van der Waals surface area contributed by atoms with Crippen molar-refractivity contribution in [3.05, 3.63) is 77.5 Å². The summed E-state index contributed by atoms with van der Waals surface area (Å²) in [6.07, 6.45) is 4.22. The van der Waals surface area contributed by atoms with Crippen LogP contribution in [0.2, 0.25) is 0 Å². The Morgan fingerprint density at radius 2 is 1.70 bits per heavy atom. The molecular weight excluding hydrogens is 506 g/mol. The molecule has 1 aliphatic heterocycles. The maximum Gasteiger partial charge on any atom is 0.220 e. The van der Waals surface area contributed by atoms with Crippen LogP contribution in [0.25, 0.3) is 0 Å². The number of methoxy groups -OCH3 is 2. The number of carbonyl (C=O) groups excluding carboxylic acids is 1. The highest BCUT2D eigenvalue weighted by molar-refractivity contribution is 5.76. The molecule has 1 aliphatic rings. The number of ether oxygens (including phenoxy) is 4. The quantitative estimate of drug-likeness (QED) is 0.308. The third-order valence-electron chi connectivity index (χ3n) is 6.90. The molecule has 8 nitrogen and oxygen atoms in total. The molecule has 0 spiro atoms. The molecule has 1 fully saturated rings. The number of nitrogens with one attached hydrogen (secondary N) is 1. The van der Waals surface area contributed by atoms with Gasteiger partial charge in [-0.3, -0.25) is 9.69 Å². The van der Waals surface area contributed by atoms with Crippen LogP contribution < -0.4 is 24.3 Å². The molecule has 0 atom stereocenters. The lowest BCUT2D eigenvalue weighted by Gasteiger charge is -2.32. The lowest BCUT2D eigenvalue weighted by atomic mass is 10.1. The number of benzene rings is 2. The lowest BCUT2D eigenvalue weighted by molar-refractivity contribution is -0.121. The number of hydrogen-bond acceptors (Lipinski definition) is 7. The fraction of sp³-hybridized carbons (Fsp3) is 0.438. The minimum absolute atomic E-state index is 0.0602. The Labute approximate surface area is 237 Å². The van der Waals surface area contributed by atoms with Crippen LogP contribution >= 0.6 is 0 Å². The first kappa shape index (κ1) is 29.2. The van der Waals surface area contributed by atoms with Gasteiger partial charge in [0.15, 0.2) is 11.5 Å². The van der Waals surface area contributed by atoms with E-state index in [-0.39, 0.29) is 12.0 Å². The zero-order chi connectivity index (χ0) is 28.3. The van der Waals surface area contributed by atoms with Crippen molar-refractivity contribution in [1.82, 2.24) is 15.2 Å². The number of hydrogen-bond donors (Lipinski definition) is 1. The third kappa shape index (κ3) is 8.61. The summed E-state index contributed by atoms with van der Waals surface area (Å²) in [6.45, 7) is 7.57. The van der Waals surface area contributed by atoms with Crippen molar-refractivity contribution >= 4 is 5.91 Å². The second kappa shape index (κ2) is 14.6. The SMILES string of the molecule is COc1cc(CN2CCC(Oc3ccc(CNC(=O)CC(C)C)cn3)CC2)c(OCc2ccccc2)cc1OC. The molecule has 0 radical (unpaired) electrons. The summed E-state index contributed by atoms with van der Waals surface area (Å²) in [5, 5.41) is 2.94. The van der Waals surface area contributed by atoms with Crippen LogP contribution in [0.15, 0.2) is 60.8 Å². The first-order valence-corrected chi connectivity index (χ1v) is 14.0. The molecule has 8 heteroatoms. The summed E-state index contributed by atoms with van der Waals surface area (Å²) >= 11 is 0. The Morgan fingerprint density at radius 1 is 0.975 bits per heavy atom. The van der Waals surface area contributed by atoms with Crippen molar-refractivity contribution in [1.29, 1.82) is 0 Å². The second-order valence-corrected chi connectivity index (χ2v) is 10.6. The highest BCUT2D eigenvalue weighted by Crippen LogP contribution is 2.36. The summed E-state index contributed by atoms with van der Waals surface area (Å²) in [5.74, 6) is 3.16. The zero-order valence-electron chi connectivity index (χ0n) is 24.0. The average Bonchev–Trinajstić information content (AvgIpc) is 2.97. The van der Waals surface area contributed by atoms with E-state index in [4.69, 9.17) is 18.9 Å². The smallest absolute Gasteiger partial charge is 0.220 e. The molecule has 2 aromatic carbocycles. The van der Waals surface area contributed by atoms with Crippen molar-refractivity contribution in [2.24, 2.45) is 5.92 Å². The highest BCUT2D eigenvalue weighted by Gasteiger charge is 2.23. The molecule has 0 saturated carbocycles. The third-order valence-corrected chi connectivity index (χ3v) is 6.90. The van der Waals surface area contributed by atoms with Crippen LogP contribution in [0.4, 0.5) is 0 Å². The predicted octanol–water partition coefficient (Wildman–Crippen LogP) is 5.38. The van der Waals surface area contributed by atoms with Crippen molar-refractivity contribution in [2.45, 2.75) is 58.9 Å². The van der Waals surface area contributed by atoms with Crippen LogP contribution in [-0.4, -0.2) is 49.2 Å². The van der Waals surface area contributed by atoms with E-state index in [0.29, 0.717) is 42.9 Å². The standard InChI is InChI=1S/C32H41N3O5/c1-23(2)16-31(36)33-19-25-10-11-32(34-20-25)40-27-12-14-35(15-13-27)21-26-17-29(37-3)30(38-4)18-28(26)39-22-24-8-6-5-7-9-24/h5-11,17-18,20,23,27H,12-16,19,21-22H2,1-4H3,(H,33,36). The largest absolute Gasteiger partial charge is 0.493 e. The van der Waals surface area contributed by atoms with Crippen LogP contribution in [0.1, 0.15) is 49.8 Å². The topological polar surface area (TPSA) is 82.2 Å². The molecule has 1 aromatic heterocycles. The van der Waals surface area contributed by atoms with E-state index < -0.39 is 0 Å². The van der Waals surface area contributed by atoms with E-state index in [9.17, 15) is 4.79 Å². The van der Waals surface area contributed by atoms with E-state index in [1.165, 1.54) is 0 Å². The van der Waals surface area contributed by atoms with E-state index in [0.717, 1.165) is 54.9 Å². The summed E-state index contributed by atoms with van der Waals surface area (Å²) in [7, 11) is 3.29. The van der Waals surface area contributed by atoms with Crippen LogP contribution in [0.3, 0.4) is 0 Å². The number of nitrogens with zero attached hydrogens (tertiary/aromatic N) is 2. The molecule has 214 valence electrons. The summed E-state index contributed by atoms with van der Waals surface area (Å²) in [6, 6.07) is 17.9. The van der Waals surface area contributed by atoms with Crippen LogP contribution in [-0.2, 0) is 24.5 Å². The van der Waals surface area contributed by atoms with Gasteiger partial charge in [0, 0.05) is 56.5 Å². The molecule has 1 saturated heterocycles. The molecule has 40 heavy (non-hydrogen) atoms. The molecule has 0 unspecified atom stereocenters. The second-order valence-electron chi connectivity index (χ2n) is 10.6. The maximum atomic E-state index is 11.9. The highest BCUT2D eigenvalue weighted by atomic mass is 16.5. The normalized spacial score (nSPS) is 14.1. The minimum Gasteiger partial charge on any atom is -0.493 e. The van der Waals surface area contributed by atoms with Crippen molar-refractivity contribution in [3.8, 4) is 23.1 Å². The number of likely N-dealkylation sites (tertiary alicyclic amines) is 1. The number of aromatic nitrogens is 1. The summed E-state index contributed by atoms with van der Waals surface area (Å²) < 4.78 is 23.5. The summed E-state index contributed by atoms with van der Waals surface area (Å²) in [4.78, 5) is 18.8. The maximum absolute atomic E-state index is 11.9. The van der Waals surface area contributed by atoms with E-state index in [2.05, 4.69) is 27.3 Å².